The van der Waals surface area contributed by atoms with E-state index in [-0.39, 0.29) is 11.2 Å². The summed E-state index contributed by atoms with van der Waals surface area (Å²) >= 11 is 1.66. The van der Waals surface area contributed by atoms with Gasteiger partial charge in [-0.05, 0) is 55.6 Å². The fourth-order valence-corrected chi connectivity index (χ4v) is 5.21. The number of nitrogens with one attached hydrogen (secondary N) is 1. The van der Waals surface area contributed by atoms with Crippen LogP contribution < -0.4 is 10.1 Å². The van der Waals surface area contributed by atoms with Crippen LogP contribution >= 0.6 is 11.8 Å². The highest BCUT2D eigenvalue weighted by Crippen LogP contribution is 2.36. The summed E-state index contributed by atoms with van der Waals surface area (Å²) in [5.74, 6) is 0.949. The van der Waals surface area contributed by atoms with E-state index in [0.717, 1.165) is 50.3 Å². The zero-order chi connectivity index (χ0) is 20.8. The number of hydrogen-bond donors (Lipinski definition) is 1. The number of rotatable bonds is 8. The summed E-state index contributed by atoms with van der Waals surface area (Å²) in [6, 6.07) is 16.9. The van der Waals surface area contributed by atoms with E-state index < -0.39 is 0 Å². The molecule has 4 rings (SSSR count). The lowest BCUT2D eigenvalue weighted by atomic mass is 10.1. The third-order valence-corrected chi connectivity index (χ3v) is 7.15. The van der Waals surface area contributed by atoms with Crippen LogP contribution in [0, 0.1) is 0 Å². The largest absolute Gasteiger partial charge is 0.492 e. The Morgan fingerprint density at radius 2 is 2.03 bits per heavy atom. The Morgan fingerprint density at radius 3 is 2.87 bits per heavy atom. The monoisotopic (exact) mass is 426 g/mol. The first-order chi connectivity index (χ1) is 14.7. The highest BCUT2D eigenvalue weighted by atomic mass is 32.2. The van der Waals surface area contributed by atoms with Crippen molar-refractivity contribution in [3.05, 3.63) is 59.7 Å². The van der Waals surface area contributed by atoms with E-state index in [9.17, 15) is 4.79 Å². The van der Waals surface area contributed by atoms with Gasteiger partial charge in [-0.15, -0.1) is 11.8 Å². The molecule has 30 heavy (non-hydrogen) atoms. The van der Waals surface area contributed by atoms with Crippen LogP contribution in [0.4, 0.5) is 0 Å². The van der Waals surface area contributed by atoms with Crippen molar-refractivity contribution in [2.75, 3.05) is 33.4 Å². The maximum atomic E-state index is 12.6. The Bertz CT molecular complexity index is 829. The molecule has 2 aromatic rings. The van der Waals surface area contributed by atoms with Crippen LogP contribution in [0.3, 0.4) is 0 Å². The molecular weight excluding hydrogens is 396 g/mol. The molecule has 2 aliphatic heterocycles. The average Bonchev–Trinajstić information content (AvgIpc) is 3.23. The zero-order valence-electron chi connectivity index (χ0n) is 17.5. The highest BCUT2D eigenvalue weighted by molar-refractivity contribution is 8.01. The molecule has 2 aromatic carbocycles. The van der Waals surface area contributed by atoms with Crippen molar-refractivity contribution in [3.8, 4) is 5.75 Å². The molecule has 5 nitrogen and oxygen atoms in total. The van der Waals surface area contributed by atoms with E-state index in [1.54, 1.807) is 11.8 Å². The Morgan fingerprint density at radius 1 is 1.20 bits per heavy atom. The van der Waals surface area contributed by atoms with Gasteiger partial charge < -0.3 is 14.8 Å². The van der Waals surface area contributed by atoms with E-state index in [4.69, 9.17) is 9.47 Å². The molecule has 1 atom stereocenters. The van der Waals surface area contributed by atoms with E-state index in [1.807, 2.05) is 36.4 Å². The zero-order valence-corrected chi connectivity index (χ0v) is 18.3. The molecule has 0 aromatic heterocycles. The van der Waals surface area contributed by atoms with Crippen LogP contribution in [0.1, 0.15) is 24.0 Å². The number of thioether (sulfide) groups is 1. The predicted octanol–water partition coefficient (Wildman–Crippen LogP) is 3.51. The number of ether oxygens (including phenoxy) is 2. The van der Waals surface area contributed by atoms with Gasteiger partial charge in [0.2, 0.25) is 5.91 Å². The summed E-state index contributed by atoms with van der Waals surface area (Å²) < 4.78 is 11.4. The molecule has 0 spiro atoms. The molecular formula is C24H30N2O3S. The van der Waals surface area contributed by atoms with Crippen LogP contribution in [0.15, 0.2) is 53.4 Å². The Labute approximate surface area is 183 Å². The maximum absolute atomic E-state index is 12.6. The van der Waals surface area contributed by atoms with Gasteiger partial charge in [-0.2, -0.15) is 0 Å². The van der Waals surface area contributed by atoms with Gasteiger partial charge in [0, 0.05) is 37.2 Å². The molecule has 0 aliphatic carbocycles. The van der Waals surface area contributed by atoms with Crippen molar-refractivity contribution < 1.29 is 14.3 Å². The third kappa shape index (κ3) is 5.56. The molecule has 1 N–H and O–H groups in total. The molecule has 2 aliphatic rings. The summed E-state index contributed by atoms with van der Waals surface area (Å²) in [6.07, 6.45) is 2.99. The minimum Gasteiger partial charge on any atom is -0.492 e. The van der Waals surface area contributed by atoms with Crippen LogP contribution in [-0.4, -0.2) is 55.5 Å². The van der Waals surface area contributed by atoms with Crippen LogP contribution in [0.2, 0.25) is 0 Å². The second kappa shape index (κ2) is 10.3. The van der Waals surface area contributed by atoms with Gasteiger partial charge in [-0.1, -0.05) is 30.3 Å². The van der Waals surface area contributed by atoms with E-state index >= 15 is 0 Å². The van der Waals surface area contributed by atoms with E-state index in [1.165, 1.54) is 10.5 Å². The number of benzene rings is 2. The summed E-state index contributed by atoms with van der Waals surface area (Å²) in [5.41, 5.74) is 2.32. The van der Waals surface area contributed by atoms with Crippen molar-refractivity contribution in [2.45, 2.75) is 42.0 Å². The number of carbonyl (C=O) groups excluding carboxylic acids is 1. The standard InChI is InChI=1S/C24H30N2O3S/c1-26(20-9-12-28-13-10-20)11-14-29-21-7-4-5-18(15-21)17-25-24(27)23-16-19-6-2-3-8-22(19)30-23/h2-8,15,20,23H,9-14,16-17H2,1H3,(H,25,27). The minimum absolute atomic E-state index is 0.0393. The van der Waals surface area contributed by atoms with Crippen molar-refractivity contribution in [3.63, 3.8) is 0 Å². The summed E-state index contributed by atoms with van der Waals surface area (Å²) in [7, 11) is 2.16. The second-order valence-electron chi connectivity index (χ2n) is 7.96. The molecule has 0 saturated carbocycles. The maximum Gasteiger partial charge on any atom is 0.234 e. The second-order valence-corrected chi connectivity index (χ2v) is 9.20. The van der Waals surface area contributed by atoms with Crippen molar-refractivity contribution in [1.82, 2.24) is 10.2 Å². The first-order valence-electron chi connectivity index (χ1n) is 10.7. The number of nitrogens with zero attached hydrogens (tertiary/aromatic N) is 1. The van der Waals surface area contributed by atoms with Gasteiger partial charge in [-0.25, -0.2) is 0 Å². The molecule has 1 unspecified atom stereocenters. The van der Waals surface area contributed by atoms with Crippen molar-refractivity contribution in [1.29, 1.82) is 0 Å². The van der Waals surface area contributed by atoms with E-state index in [0.29, 0.717) is 19.2 Å². The molecule has 0 radical (unpaired) electrons. The Hall–Kier alpha value is -2.02. The Kier molecular flexibility index (Phi) is 7.31. The average molecular weight is 427 g/mol. The van der Waals surface area contributed by atoms with Crippen molar-refractivity contribution >= 4 is 17.7 Å². The summed E-state index contributed by atoms with van der Waals surface area (Å²) in [4.78, 5) is 16.2. The molecule has 2 heterocycles. The first-order valence-corrected chi connectivity index (χ1v) is 11.6. The minimum atomic E-state index is -0.0393. The topological polar surface area (TPSA) is 50.8 Å². The normalized spacial score (nSPS) is 18.9. The fraction of sp³-hybridized carbons (Fsp3) is 0.458. The molecule has 1 fully saturated rings. The van der Waals surface area contributed by atoms with Gasteiger partial charge in [0.15, 0.2) is 0 Å². The molecule has 6 heteroatoms. The van der Waals surface area contributed by atoms with Crippen LogP contribution in [0.25, 0.3) is 0 Å². The molecule has 1 amide bonds. The van der Waals surface area contributed by atoms with Gasteiger partial charge >= 0.3 is 0 Å². The summed E-state index contributed by atoms with van der Waals surface area (Å²) in [5, 5.41) is 3.05. The number of hydrogen-bond acceptors (Lipinski definition) is 5. The SMILES string of the molecule is CN(CCOc1cccc(CNC(=O)C2Cc3ccccc3S2)c1)C1CCOCC1. The predicted molar refractivity (Wildman–Crippen MR) is 120 cm³/mol. The van der Waals surface area contributed by atoms with E-state index in [2.05, 4.69) is 29.4 Å². The smallest absolute Gasteiger partial charge is 0.234 e. The highest BCUT2D eigenvalue weighted by Gasteiger charge is 2.27. The molecule has 160 valence electrons. The van der Waals surface area contributed by atoms with Gasteiger partial charge in [0.25, 0.3) is 0 Å². The number of fused-ring (bicyclic) bond motifs is 1. The van der Waals surface area contributed by atoms with Gasteiger partial charge in [0.1, 0.15) is 12.4 Å². The third-order valence-electron chi connectivity index (χ3n) is 5.83. The first kappa shape index (κ1) is 21.2. The van der Waals surface area contributed by atoms with Gasteiger partial charge in [0.05, 0.1) is 5.25 Å². The molecule has 0 bridgehead atoms. The number of carbonyl (C=O) groups is 1. The lowest BCUT2D eigenvalue weighted by Gasteiger charge is -2.31. The summed E-state index contributed by atoms with van der Waals surface area (Å²) in [6.45, 7) is 3.78. The van der Waals surface area contributed by atoms with Gasteiger partial charge in [-0.3, -0.25) is 9.69 Å². The van der Waals surface area contributed by atoms with Crippen LogP contribution in [-0.2, 0) is 22.5 Å². The van der Waals surface area contributed by atoms with Crippen molar-refractivity contribution in [2.24, 2.45) is 0 Å². The number of likely N-dealkylation sites (N-methyl/N-ethyl adjacent to an activating group) is 1. The lowest BCUT2D eigenvalue weighted by molar-refractivity contribution is -0.120. The lowest BCUT2D eigenvalue weighted by Crippen LogP contribution is -2.38. The molecule has 1 saturated heterocycles. The quantitative estimate of drug-likeness (QED) is 0.700. The number of amides is 1. The fourth-order valence-electron chi connectivity index (χ4n) is 3.99. The van der Waals surface area contributed by atoms with Crippen LogP contribution in [0.5, 0.6) is 5.75 Å². The Balaban J connectivity index is 1.21.